The Labute approximate surface area is 82.9 Å². The first kappa shape index (κ1) is 9.21. The Kier molecular flexibility index (Phi) is 2.49. The average Bonchev–Trinajstić information content (AvgIpc) is 2.70. The third kappa shape index (κ3) is 1.63. The number of aromatic nitrogens is 2. The zero-order chi connectivity index (χ0) is 9.97. The Morgan fingerprint density at radius 1 is 1.50 bits per heavy atom. The molecule has 76 valence electrons. The van der Waals surface area contributed by atoms with Gasteiger partial charge in [-0.3, -0.25) is 0 Å². The molecule has 1 aromatic heterocycles. The lowest BCUT2D eigenvalue weighted by Crippen LogP contribution is -2.33. The first-order valence-electron chi connectivity index (χ1n) is 4.66. The molecule has 14 heavy (non-hydrogen) atoms. The number of rotatable bonds is 2. The van der Waals surface area contributed by atoms with Crippen LogP contribution >= 0.6 is 0 Å². The first-order chi connectivity index (χ1) is 6.79. The number of ether oxygens (including phenoxy) is 1. The monoisotopic (exact) mass is 194 g/mol. The van der Waals surface area contributed by atoms with Crippen molar-refractivity contribution >= 4 is 11.6 Å². The van der Waals surface area contributed by atoms with Crippen molar-refractivity contribution in [1.82, 2.24) is 9.97 Å². The third-order valence-electron chi connectivity index (χ3n) is 2.49. The number of hydrogen-bond acceptors (Lipinski definition) is 5. The van der Waals surface area contributed by atoms with Gasteiger partial charge in [-0.15, -0.1) is 0 Å². The Bertz CT molecular complexity index is 311. The summed E-state index contributed by atoms with van der Waals surface area (Å²) in [7, 11) is 1.97. The normalized spacial score (nSPS) is 21.1. The van der Waals surface area contributed by atoms with Crippen LogP contribution in [0.3, 0.4) is 0 Å². The lowest BCUT2D eigenvalue weighted by molar-refractivity contribution is 0.193. The van der Waals surface area contributed by atoms with Crippen molar-refractivity contribution in [1.29, 1.82) is 0 Å². The predicted octanol–water partition coefficient (Wildman–Crippen LogP) is 0.284. The van der Waals surface area contributed by atoms with Gasteiger partial charge >= 0.3 is 0 Å². The average molecular weight is 194 g/mol. The molecule has 0 bridgehead atoms. The van der Waals surface area contributed by atoms with Crippen molar-refractivity contribution in [3.05, 3.63) is 12.4 Å². The van der Waals surface area contributed by atoms with E-state index in [0.717, 1.165) is 25.5 Å². The van der Waals surface area contributed by atoms with Crippen LogP contribution < -0.4 is 10.6 Å². The van der Waals surface area contributed by atoms with Crippen LogP contribution in [0.2, 0.25) is 0 Å². The lowest BCUT2D eigenvalue weighted by atomic mass is 10.2. The molecule has 0 aromatic carbocycles. The number of nitrogen functional groups attached to an aromatic ring is 1. The molecule has 0 radical (unpaired) electrons. The van der Waals surface area contributed by atoms with Crippen molar-refractivity contribution in [3.8, 4) is 0 Å². The standard InChI is InChI=1S/C9H14N4O/c1-13(7-2-5-14-6-7)9-8(10)11-3-4-12-9/h3-4,7H,2,5-6H2,1H3,(H2,10,11). The van der Waals surface area contributed by atoms with Crippen LogP contribution in [0.15, 0.2) is 12.4 Å². The molecule has 0 amide bonds. The first-order valence-corrected chi connectivity index (χ1v) is 4.66. The molecule has 1 unspecified atom stereocenters. The summed E-state index contributed by atoms with van der Waals surface area (Å²) in [6, 6.07) is 0.369. The van der Waals surface area contributed by atoms with Gasteiger partial charge in [-0.1, -0.05) is 0 Å². The van der Waals surface area contributed by atoms with E-state index in [9.17, 15) is 0 Å². The number of hydrogen-bond donors (Lipinski definition) is 1. The second kappa shape index (κ2) is 3.79. The predicted molar refractivity (Wildman–Crippen MR) is 54.1 cm³/mol. The van der Waals surface area contributed by atoms with E-state index >= 15 is 0 Å². The fourth-order valence-electron chi connectivity index (χ4n) is 1.61. The number of anilines is 2. The molecule has 1 fully saturated rings. The highest BCUT2D eigenvalue weighted by atomic mass is 16.5. The van der Waals surface area contributed by atoms with E-state index in [-0.39, 0.29) is 0 Å². The largest absolute Gasteiger partial charge is 0.381 e. The molecule has 1 aromatic rings. The third-order valence-corrected chi connectivity index (χ3v) is 2.49. The van der Waals surface area contributed by atoms with Crippen LogP contribution in [0.5, 0.6) is 0 Å². The van der Waals surface area contributed by atoms with Gasteiger partial charge in [0.05, 0.1) is 12.6 Å². The molecule has 1 atom stereocenters. The minimum Gasteiger partial charge on any atom is -0.381 e. The van der Waals surface area contributed by atoms with Crippen LogP contribution in [0, 0.1) is 0 Å². The van der Waals surface area contributed by atoms with Crippen LogP contribution in [-0.2, 0) is 4.74 Å². The number of likely N-dealkylation sites (N-methyl/N-ethyl adjacent to an activating group) is 1. The van der Waals surface area contributed by atoms with Crippen molar-refractivity contribution in [2.45, 2.75) is 12.5 Å². The van der Waals surface area contributed by atoms with E-state index in [2.05, 4.69) is 9.97 Å². The SMILES string of the molecule is CN(c1nccnc1N)C1CCOC1. The Morgan fingerprint density at radius 2 is 2.29 bits per heavy atom. The molecule has 0 saturated carbocycles. The summed E-state index contributed by atoms with van der Waals surface area (Å²) < 4.78 is 5.31. The summed E-state index contributed by atoms with van der Waals surface area (Å²) in [5.74, 6) is 1.21. The van der Waals surface area contributed by atoms with Crippen molar-refractivity contribution < 1.29 is 4.74 Å². The molecule has 0 spiro atoms. The molecular formula is C9H14N4O. The van der Waals surface area contributed by atoms with Crippen molar-refractivity contribution in [2.24, 2.45) is 0 Å². The highest BCUT2D eigenvalue weighted by Gasteiger charge is 2.22. The Morgan fingerprint density at radius 3 is 2.93 bits per heavy atom. The molecule has 1 aliphatic rings. The van der Waals surface area contributed by atoms with Gasteiger partial charge in [-0.2, -0.15) is 0 Å². The van der Waals surface area contributed by atoms with E-state index in [1.54, 1.807) is 12.4 Å². The van der Waals surface area contributed by atoms with Crippen molar-refractivity contribution in [3.63, 3.8) is 0 Å². The van der Waals surface area contributed by atoms with Gasteiger partial charge in [0, 0.05) is 26.0 Å². The Balaban J connectivity index is 2.17. The minimum atomic E-state index is 0.369. The van der Waals surface area contributed by atoms with Gasteiger partial charge in [-0.05, 0) is 6.42 Å². The molecule has 5 nitrogen and oxygen atoms in total. The van der Waals surface area contributed by atoms with E-state index in [1.807, 2.05) is 11.9 Å². The summed E-state index contributed by atoms with van der Waals surface area (Å²) in [5.41, 5.74) is 5.73. The fourth-order valence-corrected chi connectivity index (χ4v) is 1.61. The lowest BCUT2D eigenvalue weighted by Gasteiger charge is -2.24. The molecule has 2 heterocycles. The van der Waals surface area contributed by atoms with Crippen molar-refractivity contribution in [2.75, 3.05) is 30.9 Å². The topological polar surface area (TPSA) is 64.3 Å². The molecule has 5 heteroatoms. The number of nitrogens with two attached hydrogens (primary N) is 1. The van der Waals surface area contributed by atoms with Gasteiger partial charge < -0.3 is 15.4 Å². The van der Waals surface area contributed by atoms with Crippen LogP contribution in [-0.4, -0.2) is 36.3 Å². The summed E-state index contributed by atoms with van der Waals surface area (Å²) >= 11 is 0. The maximum atomic E-state index is 5.73. The van der Waals surface area contributed by atoms with Gasteiger partial charge in [0.2, 0.25) is 0 Å². The van der Waals surface area contributed by atoms with E-state index in [0.29, 0.717) is 11.9 Å². The van der Waals surface area contributed by atoms with E-state index in [1.165, 1.54) is 0 Å². The van der Waals surface area contributed by atoms with E-state index < -0.39 is 0 Å². The van der Waals surface area contributed by atoms with Gasteiger partial charge in [-0.25, -0.2) is 9.97 Å². The van der Waals surface area contributed by atoms with Crippen LogP contribution in [0.1, 0.15) is 6.42 Å². The summed E-state index contributed by atoms with van der Waals surface area (Å²) in [4.78, 5) is 10.2. The molecule has 2 rings (SSSR count). The zero-order valence-electron chi connectivity index (χ0n) is 8.18. The van der Waals surface area contributed by atoms with E-state index in [4.69, 9.17) is 10.5 Å². The highest BCUT2D eigenvalue weighted by Crippen LogP contribution is 2.21. The van der Waals surface area contributed by atoms with Crippen LogP contribution in [0.4, 0.5) is 11.6 Å². The smallest absolute Gasteiger partial charge is 0.171 e. The minimum absolute atomic E-state index is 0.369. The van der Waals surface area contributed by atoms with Gasteiger partial charge in [0.15, 0.2) is 11.6 Å². The van der Waals surface area contributed by atoms with Gasteiger partial charge in [0.1, 0.15) is 0 Å². The molecule has 0 aliphatic carbocycles. The molecule has 1 saturated heterocycles. The summed E-state index contributed by atoms with van der Waals surface area (Å²) in [6.07, 6.45) is 4.27. The zero-order valence-corrected chi connectivity index (χ0v) is 8.18. The second-order valence-electron chi connectivity index (χ2n) is 3.39. The molecule has 2 N–H and O–H groups in total. The summed E-state index contributed by atoms with van der Waals surface area (Å²) in [5, 5.41) is 0. The fraction of sp³-hybridized carbons (Fsp3) is 0.556. The van der Waals surface area contributed by atoms with Gasteiger partial charge in [0.25, 0.3) is 0 Å². The van der Waals surface area contributed by atoms with Crippen LogP contribution in [0.25, 0.3) is 0 Å². The maximum absolute atomic E-state index is 5.73. The summed E-state index contributed by atoms with van der Waals surface area (Å²) in [6.45, 7) is 1.56. The Hall–Kier alpha value is -1.36. The maximum Gasteiger partial charge on any atom is 0.171 e. The quantitative estimate of drug-likeness (QED) is 0.732. The molecule has 1 aliphatic heterocycles. The number of nitrogens with zero attached hydrogens (tertiary/aromatic N) is 3. The highest BCUT2D eigenvalue weighted by molar-refractivity contribution is 5.57. The molecular weight excluding hydrogens is 180 g/mol. The second-order valence-corrected chi connectivity index (χ2v) is 3.39.